The number of aromatic nitrogens is 1. The average Bonchev–Trinajstić information content (AvgIpc) is 3.15. The molecule has 25 heavy (non-hydrogen) atoms. The molecule has 8 nitrogen and oxygen atoms in total. The molecule has 1 fully saturated rings. The number of nitrogens with zero attached hydrogens (tertiary/aromatic N) is 2. The van der Waals surface area contributed by atoms with Gasteiger partial charge in [0, 0.05) is 24.7 Å². The fraction of sp³-hybridized carbons (Fsp3) is 0.353. The van der Waals surface area contributed by atoms with E-state index in [0.29, 0.717) is 26.2 Å². The van der Waals surface area contributed by atoms with Gasteiger partial charge in [0.05, 0.1) is 25.8 Å². The van der Waals surface area contributed by atoms with Gasteiger partial charge in [0.2, 0.25) is 5.91 Å². The molecule has 0 bridgehead atoms. The quantitative estimate of drug-likeness (QED) is 0.875. The first-order chi connectivity index (χ1) is 12.1. The molecular formula is C17H18N4O4. The van der Waals surface area contributed by atoms with Gasteiger partial charge in [-0.2, -0.15) is 0 Å². The maximum atomic E-state index is 12.2. The summed E-state index contributed by atoms with van der Waals surface area (Å²) in [4.78, 5) is 24.8. The van der Waals surface area contributed by atoms with Crippen LogP contribution < -0.4 is 15.5 Å². The summed E-state index contributed by atoms with van der Waals surface area (Å²) in [5.74, 6) is 0.664. The van der Waals surface area contributed by atoms with E-state index in [1.165, 1.54) is 6.92 Å². The minimum atomic E-state index is -0.400. The predicted molar refractivity (Wildman–Crippen MR) is 88.8 cm³/mol. The van der Waals surface area contributed by atoms with Gasteiger partial charge in [0.1, 0.15) is 6.10 Å². The minimum Gasteiger partial charge on any atom is -0.442 e. The van der Waals surface area contributed by atoms with Crippen LogP contribution in [0.3, 0.4) is 0 Å². The zero-order valence-electron chi connectivity index (χ0n) is 13.7. The van der Waals surface area contributed by atoms with Gasteiger partial charge in [-0.05, 0) is 23.3 Å². The van der Waals surface area contributed by atoms with Crippen LogP contribution in [-0.2, 0) is 22.6 Å². The molecule has 8 heteroatoms. The highest BCUT2D eigenvalue weighted by Crippen LogP contribution is 2.33. The van der Waals surface area contributed by atoms with E-state index in [9.17, 15) is 9.59 Å². The lowest BCUT2D eigenvalue weighted by Gasteiger charge is -2.16. The van der Waals surface area contributed by atoms with Gasteiger partial charge in [0.15, 0.2) is 5.76 Å². The third-order valence-electron chi connectivity index (χ3n) is 4.39. The van der Waals surface area contributed by atoms with Gasteiger partial charge in [0.25, 0.3) is 0 Å². The van der Waals surface area contributed by atoms with Crippen molar-refractivity contribution >= 4 is 17.7 Å². The van der Waals surface area contributed by atoms with Crippen molar-refractivity contribution in [2.24, 2.45) is 0 Å². The number of benzene rings is 1. The van der Waals surface area contributed by atoms with Crippen LogP contribution in [0.15, 0.2) is 28.9 Å². The standard InChI is InChI=1S/C17H18N4O4/c1-10(22)19-6-13-9-21(17(23)24-13)12-2-3-14-11(4-12)5-18-8-16-15(14)7-20-25-16/h2-4,7,13,18H,5-6,8-9H2,1H3,(H,19,22)/t13-/m0/s1. The Kier molecular flexibility index (Phi) is 3.89. The summed E-state index contributed by atoms with van der Waals surface area (Å²) in [5, 5.41) is 9.84. The molecule has 4 rings (SSSR count). The molecule has 0 spiro atoms. The van der Waals surface area contributed by atoms with E-state index in [4.69, 9.17) is 9.26 Å². The van der Waals surface area contributed by atoms with Gasteiger partial charge in [-0.25, -0.2) is 4.79 Å². The van der Waals surface area contributed by atoms with Crippen LogP contribution in [0.25, 0.3) is 11.1 Å². The van der Waals surface area contributed by atoms with Gasteiger partial charge in [-0.15, -0.1) is 0 Å². The van der Waals surface area contributed by atoms with E-state index in [-0.39, 0.29) is 12.0 Å². The van der Waals surface area contributed by atoms with E-state index in [1.54, 1.807) is 11.1 Å². The lowest BCUT2D eigenvalue weighted by Crippen LogP contribution is -2.33. The van der Waals surface area contributed by atoms with Crippen molar-refractivity contribution in [1.29, 1.82) is 0 Å². The van der Waals surface area contributed by atoms with Crippen molar-refractivity contribution in [3.05, 3.63) is 35.7 Å². The Morgan fingerprint density at radius 1 is 1.40 bits per heavy atom. The predicted octanol–water partition coefficient (Wildman–Crippen LogP) is 1.41. The number of carbonyl (C=O) groups is 2. The third-order valence-corrected chi connectivity index (χ3v) is 4.39. The maximum Gasteiger partial charge on any atom is 0.414 e. The van der Waals surface area contributed by atoms with Crippen molar-refractivity contribution in [3.8, 4) is 11.1 Å². The SMILES string of the molecule is CC(=O)NC[C@H]1CN(c2ccc3c(c2)CNCc2oncc2-3)C(=O)O1. The number of nitrogens with one attached hydrogen (secondary N) is 2. The fourth-order valence-corrected chi connectivity index (χ4v) is 3.18. The number of anilines is 1. The van der Waals surface area contributed by atoms with Crippen molar-refractivity contribution < 1.29 is 18.8 Å². The van der Waals surface area contributed by atoms with Crippen LogP contribution in [0.4, 0.5) is 10.5 Å². The number of cyclic esters (lactones) is 1. The minimum absolute atomic E-state index is 0.143. The summed E-state index contributed by atoms with van der Waals surface area (Å²) < 4.78 is 10.6. The molecule has 1 aromatic heterocycles. The summed E-state index contributed by atoms with van der Waals surface area (Å²) in [7, 11) is 0. The molecule has 2 aliphatic heterocycles. The topological polar surface area (TPSA) is 96.7 Å². The van der Waals surface area contributed by atoms with E-state index in [2.05, 4.69) is 15.8 Å². The second-order valence-corrected chi connectivity index (χ2v) is 6.16. The van der Waals surface area contributed by atoms with Crippen molar-refractivity contribution in [1.82, 2.24) is 15.8 Å². The third kappa shape index (κ3) is 2.96. The average molecular weight is 342 g/mol. The zero-order valence-corrected chi connectivity index (χ0v) is 13.7. The zero-order chi connectivity index (χ0) is 17.4. The summed E-state index contributed by atoms with van der Waals surface area (Å²) in [5.41, 5.74) is 3.86. The molecule has 2 aromatic rings. The number of carbonyl (C=O) groups excluding carboxylic acids is 2. The molecule has 2 aliphatic rings. The van der Waals surface area contributed by atoms with Gasteiger partial charge in [-0.1, -0.05) is 11.2 Å². The molecule has 0 radical (unpaired) electrons. The highest BCUT2D eigenvalue weighted by molar-refractivity contribution is 5.90. The van der Waals surface area contributed by atoms with Gasteiger partial charge < -0.3 is 19.9 Å². The molecule has 130 valence electrons. The van der Waals surface area contributed by atoms with E-state index >= 15 is 0 Å². The highest BCUT2D eigenvalue weighted by atomic mass is 16.6. The maximum absolute atomic E-state index is 12.2. The first-order valence-electron chi connectivity index (χ1n) is 8.12. The number of fused-ring (bicyclic) bond motifs is 3. The molecule has 1 saturated heterocycles. The van der Waals surface area contributed by atoms with E-state index < -0.39 is 6.09 Å². The van der Waals surface area contributed by atoms with Crippen molar-refractivity contribution in [2.75, 3.05) is 18.0 Å². The molecule has 0 saturated carbocycles. The second kappa shape index (κ2) is 6.21. The molecule has 0 unspecified atom stereocenters. The van der Waals surface area contributed by atoms with Crippen LogP contribution in [0.2, 0.25) is 0 Å². The number of ether oxygens (including phenoxy) is 1. The molecule has 1 atom stereocenters. The summed E-state index contributed by atoms with van der Waals surface area (Å²) in [6.45, 7) is 3.44. The first kappa shape index (κ1) is 15.6. The van der Waals surface area contributed by atoms with Gasteiger partial charge in [-0.3, -0.25) is 9.69 Å². The highest BCUT2D eigenvalue weighted by Gasteiger charge is 2.33. The number of rotatable bonds is 3. The molecule has 3 heterocycles. The fourth-order valence-electron chi connectivity index (χ4n) is 3.18. The molecule has 1 aromatic carbocycles. The van der Waals surface area contributed by atoms with Crippen molar-refractivity contribution in [2.45, 2.75) is 26.1 Å². The summed E-state index contributed by atoms with van der Waals surface area (Å²) in [6, 6.07) is 5.84. The Bertz CT molecular complexity index is 832. The van der Waals surface area contributed by atoms with E-state index in [1.807, 2.05) is 18.2 Å². The normalized spacial score (nSPS) is 19.0. The lowest BCUT2D eigenvalue weighted by molar-refractivity contribution is -0.119. The monoisotopic (exact) mass is 342 g/mol. The number of amides is 2. The largest absolute Gasteiger partial charge is 0.442 e. The van der Waals surface area contributed by atoms with Crippen LogP contribution in [0.5, 0.6) is 0 Å². The molecular weight excluding hydrogens is 324 g/mol. The lowest BCUT2D eigenvalue weighted by atomic mass is 10.0. The van der Waals surface area contributed by atoms with Crippen LogP contribution in [0, 0.1) is 0 Å². The number of hydrogen-bond donors (Lipinski definition) is 2. The summed E-state index contributed by atoms with van der Waals surface area (Å²) >= 11 is 0. The van der Waals surface area contributed by atoms with Crippen molar-refractivity contribution in [3.63, 3.8) is 0 Å². The molecule has 0 aliphatic carbocycles. The van der Waals surface area contributed by atoms with Crippen LogP contribution >= 0.6 is 0 Å². The Labute approximate surface area is 144 Å². The van der Waals surface area contributed by atoms with E-state index in [0.717, 1.165) is 28.1 Å². The number of hydrogen-bond acceptors (Lipinski definition) is 6. The Balaban J connectivity index is 1.58. The Morgan fingerprint density at radius 2 is 2.28 bits per heavy atom. The molecule has 2 amide bonds. The summed E-state index contributed by atoms with van der Waals surface area (Å²) in [6.07, 6.45) is 0.967. The first-order valence-corrected chi connectivity index (χ1v) is 8.12. The Morgan fingerprint density at radius 3 is 3.12 bits per heavy atom. The van der Waals surface area contributed by atoms with Gasteiger partial charge >= 0.3 is 6.09 Å². The Hall–Kier alpha value is -2.87. The smallest absolute Gasteiger partial charge is 0.414 e. The van der Waals surface area contributed by atoms with Crippen LogP contribution in [0.1, 0.15) is 18.2 Å². The molecule has 2 N–H and O–H groups in total. The second-order valence-electron chi connectivity index (χ2n) is 6.16. The van der Waals surface area contributed by atoms with Crippen LogP contribution in [-0.4, -0.2) is 36.4 Å².